The van der Waals surface area contributed by atoms with E-state index in [1.54, 1.807) is 12.1 Å². The number of nitrogens with zero attached hydrogens (tertiary/aromatic N) is 2. The maximum absolute atomic E-state index is 13.1. The fourth-order valence-corrected chi connectivity index (χ4v) is 4.22. The summed E-state index contributed by atoms with van der Waals surface area (Å²) in [6.45, 7) is 3.96. The second kappa shape index (κ2) is 7.24. The number of rotatable bonds is 5. The number of anilines is 1. The monoisotopic (exact) mass is 392 g/mol. The largest absolute Gasteiger partial charge is 0.359 e. The van der Waals surface area contributed by atoms with Crippen molar-refractivity contribution in [2.24, 2.45) is 0 Å². The fraction of sp³-hybridized carbons (Fsp3) is 0.318. The van der Waals surface area contributed by atoms with Gasteiger partial charge in [-0.2, -0.15) is 5.01 Å². The van der Waals surface area contributed by atoms with E-state index in [1.807, 2.05) is 48.2 Å². The summed E-state index contributed by atoms with van der Waals surface area (Å²) in [6.07, 6.45) is 1.24. The summed E-state index contributed by atoms with van der Waals surface area (Å²) in [5.41, 5.74) is 4.24. The lowest BCUT2D eigenvalue weighted by molar-refractivity contribution is -0.139. The molecule has 1 saturated heterocycles. The smallest absolute Gasteiger partial charge is 0.344 e. The van der Waals surface area contributed by atoms with Crippen molar-refractivity contribution in [3.8, 4) is 0 Å². The summed E-state index contributed by atoms with van der Waals surface area (Å²) in [7, 11) is 0. The van der Waals surface area contributed by atoms with E-state index in [0.29, 0.717) is 12.0 Å². The molecule has 0 saturated carbocycles. The molecule has 0 aliphatic carbocycles. The summed E-state index contributed by atoms with van der Waals surface area (Å²) >= 11 is 0. The Kier molecular flexibility index (Phi) is 4.74. The Morgan fingerprint density at radius 3 is 2.55 bits per heavy atom. The first kappa shape index (κ1) is 19.0. The van der Waals surface area contributed by atoms with Crippen LogP contribution in [-0.4, -0.2) is 35.4 Å². The molecule has 2 heterocycles. The van der Waals surface area contributed by atoms with Gasteiger partial charge in [0.15, 0.2) is 0 Å². The highest BCUT2D eigenvalue weighted by atomic mass is 16.2. The number of amides is 4. The summed E-state index contributed by atoms with van der Waals surface area (Å²) in [5, 5.41) is 3.58. The van der Waals surface area contributed by atoms with Crippen molar-refractivity contribution in [1.82, 2.24) is 15.8 Å². The number of carbonyl (C=O) groups is 3. The molecule has 0 radical (unpaired) electrons. The van der Waals surface area contributed by atoms with E-state index in [2.05, 4.69) is 23.7 Å². The second-order valence-corrected chi connectivity index (χ2v) is 7.54. The maximum Gasteiger partial charge on any atom is 0.344 e. The number of benzene rings is 2. The van der Waals surface area contributed by atoms with Crippen LogP contribution in [-0.2, 0) is 21.5 Å². The first-order valence-corrected chi connectivity index (χ1v) is 9.82. The molecule has 2 aliphatic heterocycles. The van der Waals surface area contributed by atoms with Gasteiger partial charge in [-0.15, -0.1) is 0 Å². The number of hydrogen-bond acceptors (Lipinski definition) is 4. The van der Waals surface area contributed by atoms with Gasteiger partial charge < -0.3 is 10.2 Å². The average molecular weight is 392 g/mol. The third kappa shape index (κ3) is 3.12. The summed E-state index contributed by atoms with van der Waals surface area (Å²) < 4.78 is 0. The lowest BCUT2D eigenvalue weighted by atomic mass is 9.87. The van der Waals surface area contributed by atoms with Gasteiger partial charge in [0.05, 0.1) is 6.54 Å². The quantitative estimate of drug-likeness (QED) is 0.766. The molecule has 150 valence electrons. The van der Waals surface area contributed by atoms with Crippen LogP contribution in [0, 0.1) is 0 Å². The molecule has 4 rings (SSSR count). The Morgan fingerprint density at radius 2 is 1.83 bits per heavy atom. The summed E-state index contributed by atoms with van der Waals surface area (Å²) in [4.78, 5) is 40.4. The highest BCUT2D eigenvalue weighted by Crippen LogP contribution is 2.33. The number of carbonyl (C=O) groups excluding carboxylic acids is 3. The predicted molar refractivity (Wildman–Crippen MR) is 109 cm³/mol. The maximum atomic E-state index is 13.1. The molecule has 4 amide bonds. The van der Waals surface area contributed by atoms with Gasteiger partial charge in [0.25, 0.3) is 11.8 Å². The number of imide groups is 1. The topological polar surface area (TPSA) is 81.8 Å². The van der Waals surface area contributed by atoms with Gasteiger partial charge in [-0.05, 0) is 37.0 Å². The van der Waals surface area contributed by atoms with Crippen LogP contribution in [0.3, 0.4) is 0 Å². The lowest BCUT2D eigenvalue weighted by Gasteiger charge is -2.27. The molecule has 2 aromatic rings. The van der Waals surface area contributed by atoms with Crippen LogP contribution in [0.2, 0.25) is 0 Å². The Hall–Kier alpha value is -3.35. The molecule has 0 aromatic heterocycles. The number of nitrogens with one attached hydrogen (secondary N) is 2. The lowest BCUT2D eigenvalue weighted by Crippen LogP contribution is -2.51. The van der Waals surface area contributed by atoms with Gasteiger partial charge in [0.2, 0.25) is 0 Å². The first-order chi connectivity index (χ1) is 14.0. The predicted octanol–water partition coefficient (Wildman–Crippen LogP) is 2.33. The molecule has 7 nitrogen and oxygen atoms in total. The minimum absolute atomic E-state index is 0.0691. The SMILES string of the molecule is CC[C@@]1(c2ccccc2)NC(=O)N(NC(=O)CN2c3ccccc3C[C@@H]2C)C1=O. The molecule has 0 bridgehead atoms. The van der Waals surface area contributed by atoms with Gasteiger partial charge >= 0.3 is 6.03 Å². The van der Waals surface area contributed by atoms with Crippen molar-refractivity contribution < 1.29 is 14.4 Å². The molecule has 7 heteroatoms. The third-order valence-electron chi connectivity index (χ3n) is 5.79. The zero-order valence-electron chi connectivity index (χ0n) is 16.5. The van der Waals surface area contributed by atoms with Crippen molar-refractivity contribution in [2.45, 2.75) is 38.3 Å². The van der Waals surface area contributed by atoms with Crippen LogP contribution in [0.25, 0.3) is 0 Å². The zero-order valence-corrected chi connectivity index (χ0v) is 16.5. The molecule has 2 aromatic carbocycles. The van der Waals surface area contributed by atoms with Gasteiger partial charge in [0, 0.05) is 11.7 Å². The van der Waals surface area contributed by atoms with Crippen molar-refractivity contribution in [2.75, 3.05) is 11.4 Å². The minimum atomic E-state index is -1.17. The number of urea groups is 1. The highest BCUT2D eigenvalue weighted by Gasteiger charge is 2.52. The van der Waals surface area contributed by atoms with Crippen molar-refractivity contribution in [1.29, 1.82) is 0 Å². The Bertz CT molecular complexity index is 962. The molecule has 0 spiro atoms. The molecule has 2 N–H and O–H groups in total. The molecular weight excluding hydrogens is 368 g/mol. The number of hydrogen-bond donors (Lipinski definition) is 2. The molecular formula is C22H24N4O3. The van der Waals surface area contributed by atoms with E-state index < -0.39 is 23.4 Å². The third-order valence-corrected chi connectivity index (χ3v) is 5.79. The van der Waals surface area contributed by atoms with E-state index in [9.17, 15) is 14.4 Å². The number of para-hydroxylation sites is 1. The molecule has 29 heavy (non-hydrogen) atoms. The van der Waals surface area contributed by atoms with Gasteiger partial charge in [-0.25, -0.2) is 4.79 Å². The minimum Gasteiger partial charge on any atom is -0.359 e. The van der Waals surface area contributed by atoms with Crippen LogP contribution < -0.4 is 15.6 Å². The van der Waals surface area contributed by atoms with Gasteiger partial charge in [0.1, 0.15) is 5.54 Å². The number of fused-ring (bicyclic) bond motifs is 1. The van der Waals surface area contributed by atoms with E-state index in [4.69, 9.17) is 0 Å². The van der Waals surface area contributed by atoms with Crippen LogP contribution in [0.15, 0.2) is 54.6 Å². The Labute approximate surface area is 169 Å². The average Bonchev–Trinajstić information content (AvgIpc) is 3.17. The van der Waals surface area contributed by atoms with Crippen molar-refractivity contribution in [3.05, 3.63) is 65.7 Å². The van der Waals surface area contributed by atoms with Crippen molar-refractivity contribution in [3.63, 3.8) is 0 Å². The van der Waals surface area contributed by atoms with Crippen LogP contribution >= 0.6 is 0 Å². The normalized spacial score (nSPS) is 23.2. The van der Waals surface area contributed by atoms with Gasteiger partial charge in [-0.1, -0.05) is 55.5 Å². The summed E-state index contributed by atoms with van der Waals surface area (Å²) in [6, 6.07) is 16.6. The van der Waals surface area contributed by atoms with Gasteiger partial charge in [-0.3, -0.25) is 15.0 Å². The highest BCUT2D eigenvalue weighted by molar-refractivity contribution is 6.08. The first-order valence-electron chi connectivity index (χ1n) is 9.82. The number of hydrazine groups is 1. The van der Waals surface area contributed by atoms with E-state index in [1.165, 1.54) is 5.56 Å². The molecule has 2 aliphatic rings. The summed E-state index contributed by atoms with van der Waals surface area (Å²) in [5.74, 6) is -0.878. The fourth-order valence-electron chi connectivity index (χ4n) is 4.22. The van der Waals surface area contributed by atoms with E-state index in [0.717, 1.165) is 17.1 Å². The van der Waals surface area contributed by atoms with Crippen LogP contribution in [0.5, 0.6) is 0 Å². The standard InChI is InChI=1S/C22H24N4O3/c1-3-22(17-10-5-4-6-11-17)20(28)26(21(29)23-22)24-19(27)14-25-15(2)13-16-9-7-8-12-18(16)25/h4-12,15H,3,13-14H2,1-2H3,(H,23,29)(H,24,27)/t15-,22-/m0/s1. The molecule has 0 unspecified atom stereocenters. The Morgan fingerprint density at radius 1 is 1.14 bits per heavy atom. The van der Waals surface area contributed by atoms with Crippen molar-refractivity contribution >= 4 is 23.5 Å². The van der Waals surface area contributed by atoms with Crippen LogP contribution in [0.4, 0.5) is 10.5 Å². The second-order valence-electron chi connectivity index (χ2n) is 7.54. The van der Waals surface area contributed by atoms with Crippen LogP contribution in [0.1, 0.15) is 31.4 Å². The molecule has 1 fully saturated rings. The molecule has 2 atom stereocenters. The zero-order chi connectivity index (χ0) is 20.6. The Balaban J connectivity index is 1.50. The van der Waals surface area contributed by atoms with E-state index >= 15 is 0 Å². The van der Waals surface area contributed by atoms with E-state index in [-0.39, 0.29) is 12.6 Å².